The Labute approximate surface area is 132 Å². The van der Waals surface area contributed by atoms with Gasteiger partial charge >= 0.3 is 6.03 Å². The summed E-state index contributed by atoms with van der Waals surface area (Å²) in [4.78, 5) is 31.0. The second-order valence-corrected chi connectivity index (χ2v) is 6.82. The molecular weight excluding hydrogens is 280 g/mol. The number of nitrogens with one attached hydrogen (secondary N) is 1. The van der Waals surface area contributed by atoms with Crippen LogP contribution in [0.15, 0.2) is 0 Å². The van der Waals surface area contributed by atoms with E-state index in [9.17, 15) is 9.59 Å². The number of carbonyl (C=O) groups excluding carboxylic acids is 2. The monoisotopic (exact) mass is 308 g/mol. The maximum Gasteiger partial charge on any atom is 0.319 e. The Morgan fingerprint density at radius 3 is 2.23 bits per heavy atom. The standard InChI is InChI=1S/C16H28N4O2/c1-13-12-17-6-11-20(13)15(21)14-4-9-19(10-5-14)16(22)18-7-2-3-8-18/h13-14,17H,2-12H2,1H3/t13-/m1/s1. The van der Waals surface area contributed by atoms with E-state index in [1.807, 2.05) is 14.7 Å². The van der Waals surface area contributed by atoms with Crippen molar-refractivity contribution >= 4 is 11.9 Å². The smallest absolute Gasteiger partial charge is 0.319 e. The van der Waals surface area contributed by atoms with Gasteiger partial charge in [-0.25, -0.2) is 4.79 Å². The van der Waals surface area contributed by atoms with Crippen LogP contribution in [0.5, 0.6) is 0 Å². The van der Waals surface area contributed by atoms with E-state index < -0.39 is 0 Å². The van der Waals surface area contributed by atoms with Crippen LogP contribution in [0, 0.1) is 5.92 Å². The van der Waals surface area contributed by atoms with Gasteiger partial charge in [-0.15, -0.1) is 0 Å². The molecule has 0 unspecified atom stereocenters. The molecule has 0 aromatic heterocycles. The van der Waals surface area contributed by atoms with E-state index in [-0.39, 0.29) is 18.0 Å². The van der Waals surface area contributed by atoms with Gasteiger partial charge in [-0.2, -0.15) is 0 Å². The molecule has 0 spiro atoms. The summed E-state index contributed by atoms with van der Waals surface area (Å²) >= 11 is 0. The predicted octanol–water partition coefficient (Wildman–Crippen LogP) is 0.735. The molecule has 124 valence electrons. The molecule has 0 aromatic rings. The van der Waals surface area contributed by atoms with Crippen LogP contribution in [0.3, 0.4) is 0 Å². The number of piperidine rings is 1. The molecule has 0 aliphatic carbocycles. The lowest BCUT2D eigenvalue weighted by molar-refractivity contribution is -0.139. The Kier molecular flexibility index (Phi) is 4.86. The molecule has 3 fully saturated rings. The van der Waals surface area contributed by atoms with Gasteiger partial charge in [-0.1, -0.05) is 0 Å². The fraction of sp³-hybridized carbons (Fsp3) is 0.875. The van der Waals surface area contributed by atoms with Crippen LogP contribution in [0.2, 0.25) is 0 Å². The van der Waals surface area contributed by atoms with Crippen LogP contribution in [0.25, 0.3) is 0 Å². The van der Waals surface area contributed by atoms with Gasteiger partial charge in [0.15, 0.2) is 0 Å². The Morgan fingerprint density at radius 2 is 1.59 bits per heavy atom. The average Bonchev–Trinajstić information content (AvgIpc) is 3.09. The number of piperazine rings is 1. The third-order valence-corrected chi connectivity index (χ3v) is 5.28. The van der Waals surface area contributed by atoms with E-state index in [0.717, 1.165) is 71.5 Å². The van der Waals surface area contributed by atoms with E-state index in [1.54, 1.807) is 0 Å². The normalized spacial score (nSPS) is 27.3. The maximum absolute atomic E-state index is 12.7. The first-order valence-corrected chi connectivity index (χ1v) is 8.72. The van der Waals surface area contributed by atoms with Crippen LogP contribution >= 0.6 is 0 Å². The first kappa shape index (κ1) is 15.6. The summed E-state index contributed by atoms with van der Waals surface area (Å²) in [5.74, 6) is 0.394. The molecule has 0 bridgehead atoms. The highest BCUT2D eigenvalue weighted by Gasteiger charge is 2.34. The number of urea groups is 1. The van der Waals surface area contributed by atoms with E-state index in [2.05, 4.69) is 12.2 Å². The Balaban J connectivity index is 1.50. The van der Waals surface area contributed by atoms with Gasteiger partial charge < -0.3 is 20.0 Å². The van der Waals surface area contributed by atoms with Crippen LogP contribution in [0.4, 0.5) is 4.79 Å². The SMILES string of the molecule is C[C@@H]1CNCCN1C(=O)C1CCN(C(=O)N2CCCC2)CC1. The molecule has 3 aliphatic rings. The zero-order chi connectivity index (χ0) is 15.5. The van der Waals surface area contributed by atoms with Crippen molar-refractivity contribution < 1.29 is 9.59 Å². The molecule has 3 heterocycles. The number of carbonyl (C=O) groups is 2. The summed E-state index contributed by atoms with van der Waals surface area (Å²) in [5, 5.41) is 3.32. The summed E-state index contributed by atoms with van der Waals surface area (Å²) in [5.41, 5.74) is 0. The molecule has 6 heteroatoms. The summed E-state index contributed by atoms with van der Waals surface area (Å²) in [6, 6.07) is 0.462. The maximum atomic E-state index is 12.7. The fourth-order valence-electron chi connectivity index (χ4n) is 3.83. The zero-order valence-electron chi connectivity index (χ0n) is 13.6. The highest BCUT2D eigenvalue weighted by molar-refractivity contribution is 5.80. The predicted molar refractivity (Wildman–Crippen MR) is 84.5 cm³/mol. The van der Waals surface area contributed by atoms with E-state index >= 15 is 0 Å². The summed E-state index contributed by atoms with van der Waals surface area (Å²) in [6.45, 7) is 7.95. The van der Waals surface area contributed by atoms with Gasteiger partial charge in [-0.05, 0) is 32.6 Å². The Bertz CT molecular complexity index is 414. The van der Waals surface area contributed by atoms with Crippen molar-refractivity contribution in [3.05, 3.63) is 0 Å². The largest absolute Gasteiger partial charge is 0.337 e. The van der Waals surface area contributed by atoms with Gasteiger partial charge in [0.25, 0.3) is 0 Å². The van der Waals surface area contributed by atoms with Crippen molar-refractivity contribution in [1.29, 1.82) is 0 Å². The summed E-state index contributed by atoms with van der Waals surface area (Å²) in [6.07, 6.45) is 3.88. The molecule has 0 aromatic carbocycles. The number of likely N-dealkylation sites (tertiary alicyclic amines) is 2. The van der Waals surface area contributed by atoms with Crippen LogP contribution in [-0.4, -0.2) is 78.5 Å². The van der Waals surface area contributed by atoms with Crippen LogP contribution in [0.1, 0.15) is 32.6 Å². The zero-order valence-corrected chi connectivity index (χ0v) is 13.6. The van der Waals surface area contributed by atoms with Crippen molar-refractivity contribution in [2.24, 2.45) is 5.92 Å². The van der Waals surface area contributed by atoms with E-state index in [0.29, 0.717) is 5.91 Å². The molecular formula is C16H28N4O2. The highest BCUT2D eigenvalue weighted by atomic mass is 16.2. The molecule has 0 radical (unpaired) electrons. The van der Waals surface area contributed by atoms with E-state index in [1.165, 1.54) is 0 Å². The lowest BCUT2D eigenvalue weighted by Gasteiger charge is -2.39. The van der Waals surface area contributed by atoms with Crippen molar-refractivity contribution in [3.63, 3.8) is 0 Å². The third kappa shape index (κ3) is 3.21. The second kappa shape index (κ2) is 6.86. The minimum absolute atomic E-state index is 0.100. The topological polar surface area (TPSA) is 55.9 Å². The summed E-state index contributed by atoms with van der Waals surface area (Å²) in [7, 11) is 0. The number of hydrogen-bond acceptors (Lipinski definition) is 3. The first-order chi connectivity index (χ1) is 10.7. The molecule has 1 atom stereocenters. The van der Waals surface area contributed by atoms with Gasteiger partial charge in [0.05, 0.1) is 0 Å². The summed E-state index contributed by atoms with van der Waals surface area (Å²) < 4.78 is 0. The Morgan fingerprint density at radius 1 is 0.955 bits per heavy atom. The van der Waals surface area contributed by atoms with Crippen molar-refractivity contribution in [2.75, 3.05) is 45.8 Å². The molecule has 3 aliphatic heterocycles. The van der Waals surface area contributed by atoms with Gasteiger partial charge in [0, 0.05) is 57.8 Å². The molecule has 3 rings (SSSR count). The van der Waals surface area contributed by atoms with Gasteiger partial charge in [0.2, 0.25) is 5.91 Å². The van der Waals surface area contributed by atoms with Crippen LogP contribution < -0.4 is 5.32 Å². The number of hydrogen-bond donors (Lipinski definition) is 1. The quantitative estimate of drug-likeness (QED) is 0.777. The fourth-order valence-corrected chi connectivity index (χ4v) is 3.83. The molecule has 0 saturated carbocycles. The van der Waals surface area contributed by atoms with Crippen molar-refractivity contribution in [3.8, 4) is 0 Å². The number of amides is 3. The molecule has 1 N–H and O–H groups in total. The minimum Gasteiger partial charge on any atom is -0.337 e. The Hall–Kier alpha value is -1.30. The first-order valence-electron chi connectivity index (χ1n) is 8.72. The van der Waals surface area contributed by atoms with Gasteiger partial charge in [-0.3, -0.25) is 4.79 Å². The average molecular weight is 308 g/mol. The molecule has 3 amide bonds. The van der Waals surface area contributed by atoms with Crippen molar-refractivity contribution in [1.82, 2.24) is 20.0 Å². The second-order valence-electron chi connectivity index (χ2n) is 6.82. The van der Waals surface area contributed by atoms with Crippen molar-refractivity contribution in [2.45, 2.75) is 38.6 Å². The molecule has 3 saturated heterocycles. The minimum atomic E-state index is 0.100. The van der Waals surface area contributed by atoms with E-state index in [4.69, 9.17) is 0 Å². The lowest BCUT2D eigenvalue weighted by atomic mass is 9.94. The number of rotatable bonds is 1. The van der Waals surface area contributed by atoms with Crippen LogP contribution in [-0.2, 0) is 4.79 Å². The number of nitrogens with zero attached hydrogens (tertiary/aromatic N) is 3. The third-order valence-electron chi connectivity index (χ3n) is 5.28. The molecule has 6 nitrogen and oxygen atoms in total. The van der Waals surface area contributed by atoms with Gasteiger partial charge in [0.1, 0.15) is 0 Å². The lowest BCUT2D eigenvalue weighted by Crippen LogP contribution is -2.55. The molecule has 22 heavy (non-hydrogen) atoms. The highest BCUT2D eigenvalue weighted by Crippen LogP contribution is 2.23.